The summed E-state index contributed by atoms with van der Waals surface area (Å²) in [6.07, 6.45) is 2.44. The van der Waals surface area contributed by atoms with Gasteiger partial charge in [-0.3, -0.25) is 4.90 Å². The van der Waals surface area contributed by atoms with Crippen LogP contribution in [0.1, 0.15) is 19.8 Å². The molecule has 1 saturated heterocycles. The Balaban J connectivity index is 2.11. The van der Waals surface area contributed by atoms with Crippen molar-refractivity contribution in [3.63, 3.8) is 0 Å². The molecule has 0 saturated carbocycles. The molecule has 4 heteroatoms. The lowest BCUT2D eigenvalue weighted by Crippen LogP contribution is -2.43. The van der Waals surface area contributed by atoms with Crippen molar-refractivity contribution in [2.24, 2.45) is 5.73 Å². The molecule has 15 heavy (non-hydrogen) atoms. The van der Waals surface area contributed by atoms with E-state index in [1.165, 1.54) is 0 Å². The van der Waals surface area contributed by atoms with Gasteiger partial charge in [-0.2, -0.15) is 0 Å². The van der Waals surface area contributed by atoms with Crippen LogP contribution in [0.5, 0.6) is 0 Å². The number of morpholine rings is 1. The van der Waals surface area contributed by atoms with E-state index in [1.807, 2.05) is 6.92 Å². The third-order valence-electron chi connectivity index (χ3n) is 2.69. The smallest absolute Gasteiger partial charge is 0.0724 e. The number of hydrogen-bond donors (Lipinski definition) is 1. The molecule has 1 aliphatic heterocycles. The van der Waals surface area contributed by atoms with E-state index in [0.29, 0.717) is 6.10 Å². The normalized spacial score (nSPS) is 23.2. The first-order valence-corrected chi connectivity index (χ1v) is 5.98. The van der Waals surface area contributed by atoms with Crippen LogP contribution in [0.25, 0.3) is 0 Å². The molecule has 0 aromatic carbocycles. The zero-order valence-electron chi connectivity index (χ0n) is 9.78. The van der Waals surface area contributed by atoms with E-state index in [9.17, 15) is 0 Å². The molecule has 0 aliphatic carbocycles. The van der Waals surface area contributed by atoms with Crippen molar-refractivity contribution >= 4 is 0 Å². The summed E-state index contributed by atoms with van der Waals surface area (Å²) in [5, 5.41) is 0. The molecule has 0 aromatic rings. The van der Waals surface area contributed by atoms with E-state index in [-0.39, 0.29) is 0 Å². The van der Waals surface area contributed by atoms with E-state index >= 15 is 0 Å². The van der Waals surface area contributed by atoms with Crippen molar-refractivity contribution in [1.82, 2.24) is 4.90 Å². The zero-order valence-corrected chi connectivity index (χ0v) is 9.78. The van der Waals surface area contributed by atoms with Gasteiger partial charge in [0.1, 0.15) is 0 Å². The number of rotatable bonds is 7. The second-order valence-corrected chi connectivity index (χ2v) is 3.92. The fourth-order valence-corrected chi connectivity index (χ4v) is 1.83. The molecule has 1 fully saturated rings. The fraction of sp³-hybridized carbons (Fsp3) is 1.00. The molecule has 90 valence electrons. The second-order valence-electron chi connectivity index (χ2n) is 3.92. The molecular formula is C11H24N2O2. The van der Waals surface area contributed by atoms with E-state index in [4.69, 9.17) is 15.2 Å². The maximum absolute atomic E-state index is 5.68. The van der Waals surface area contributed by atoms with Gasteiger partial charge < -0.3 is 15.2 Å². The molecule has 0 amide bonds. The predicted octanol–water partition coefficient (Wildman–Crippen LogP) is 0.463. The van der Waals surface area contributed by atoms with E-state index < -0.39 is 0 Å². The van der Waals surface area contributed by atoms with Gasteiger partial charge in [-0.25, -0.2) is 0 Å². The Morgan fingerprint density at radius 3 is 3.13 bits per heavy atom. The number of hydrogen-bond acceptors (Lipinski definition) is 4. The third kappa shape index (κ3) is 5.47. The Labute approximate surface area is 92.7 Å². The SMILES string of the molecule is CCOCCC1CN(CCCN)CCO1. The van der Waals surface area contributed by atoms with Crippen molar-refractivity contribution in [2.45, 2.75) is 25.9 Å². The minimum Gasteiger partial charge on any atom is -0.382 e. The van der Waals surface area contributed by atoms with Gasteiger partial charge in [0, 0.05) is 26.3 Å². The molecule has 0 aromatic heterocycles. The summed E-state index contributed by atoms with van der Waals surface area (Å²) in [6.45, 7) is 8.44. The van der Waals surface area contributed by atoms with Gasteiger partial charge >= 0.3 is 0 Å². The minimum absolute atomic E-state index is 0.350. The van der Waals surface area contributed by atoms with Crippen molar-refractivity contribution in [1.29, 1.82) is 0 Å². The van der Waals surface area contributed by atoms with Crippen molar-refractivity contribution in [2.75, 3.05) is 46.0 Å². The molecule has 0 radical (unpaired) electrons. The van der Waals surface area contributed by atoms with Crippen LogP contribution in [0.3, 0.4) is 0 Å². The number of nitrogens with two attached hydrogens (primary N) is 1. The summed E-state index contributed by atoms with van der Waals surface area (Å²) in [5.74, 6) is 0. The lowest BCUT2D eigenvalue weighted by molar-refractivity contribution is -0.0429. The summed E-state index contributed by atoms with van der Waals surface area (Å²) in [5.41, 5.74) is 5.50. The average molecular weight is 216 g/mol. The molecule has 2 N–H and O–H groups in total. The molecule has 1 rings (SSSR count). The molecular weight excluding hydrogens is 192 g/mol. The van der Waals surface area contributed by atoms with Gasteiger partial charge in [-0.1, -0.05) is 0 Å². The Hall–Kier alpha value is -0.160. The van der Waals surface area contributed by atoms with Gasteiger partial charge in [0.05, 0.1) is 12.7 Å². The zero-order chi connectivity index (χ0) is 10.9. The lowest BCUT2D eigenvalue weighted by Gasteiger charge is -2.32. The first kappa shape index (κ1) is 12.9. The maximum Gasteiger partial charge on any atom is 0.0724 e. The van der Waals surface area contributed by atoms with Crippen LogP contribution >= 0.6 is 0 Å². The Morgan fingerprint density at radius 2 is 2.40 bits per heavy atom. The van der Waals surface area contributed by atoms with Gasteiger partial charge in [-0.15, -0.1) is 0 Å². The number of ether oxygens (including phenoxy) is 2. The highest BCUT2D eigenvalue weighted by Crippen LogP contribution is 2.08. The minimum atomic E-state index is 0.350. The Morgan fingerprint density at radius 1 is 1.53 bits per heavy atom. The molecule has 0 bridgehead atoms. The molecule has 4 nitrogen and oxygen atoms in total. The van der Waals surface area contributed by atoms with Crippen LogP contribution in [-0.4, -0.2) is 57.0 Å². The van der Waals surface area contributed by atoms with Crippen molar-refractivity contribution in [3.05, 3.63) is 0 Å². The fourth-order valence-electron chi connectivity index (χ4n) is 1.83. The molecule has 1 aliphatic rings. The molecule has 0 spiro atoms. The summed E-state index contributed by atoms with van der Waals surface area (Å²) in [7, 11) is 0. The first-order chi connectivity index (χ1) is 7.36. The summed E-state index contributed by atoms with van der Waals surface area (Å²) in [6, 6.07) is 0. The number of nitrogens with zero attached hydrogens (tertiary/aromatic N) is 1. The largest absolute Gasteiger partial charge is 0.382 e. The standard InChI is InChI=1S/C11H24N2O2/c1-2-14-8-4-11-10-13(6-3-5-12)7-9-15-11/h11H,2-10,12H2,1H3. The lowest BCUT2D eigenvalue weighted by atomic mass is 10.2. The monoisotopic (exact) mass is 216 g/mol. The quantitative estimate of drug-likeness (QED) is 0.628. The maximum atomic E-state index is 5.68. The van der Waals surface area contributed by atoms with E-state index in [2.05, 4.69) is 4.90 Å². The van der Waals surface area contributed by atoms with Crippen LogP contribution in [0.4, 0.5) is 0 Å². The van der Waals surface area contributed by atoms with Gasteiger partial charge in [0.2, 0.25) is 0 Å². The van der Waals surface area contributed by atoms with Crippen LogP contribution < -0.4 is 5.73 Å². The highest BCUT2D eigenvalue weighted by atomic mass is 16.5. The molecule has 1 atom stereocenters. The highest BCUT2D eigenvalue weighted by molar-refractivity contribution is 4.71. The van der Waals surface area contributed by atoms with E-state index in [0.717, 1.165) is 58.8 Å². The highest BCUT2D eigenvalue weighted by Gasteiger charge is 2.19. The van der Waals surface area contributed by atoms with Crippen LogP contribution in [0.15, 0.2) is 0 Å². The summed E-state index contributed by atoms with van der Waals surface area (Å²) in [4.78, 5) is 2.44. The van der Waals surface area contributed by atoms with Crippen molar-refractivity contribution < 1.29 is 9.47 Å². The second kappa shape index (κ2) is 8.05. The van der Waals surface area contributed by atoms with Gasteiger partial charge in [-0.05, 0) is 32.9 Å². The third-order valence-corrected chi connectivity index (χ3v) is 2.69. The van der Waals surface area contributed by atoms with Crippen LogP contribution in [0.2, 0.25) is 0 Å². The van der Waals surface area contributed by atoms with Crippen LogP contribution in [-0.2, 0) is 9.47 Å². The average Bonchev–Trinajstić information content (AvgIpc) is 2.27. The predicted molar refractivity (Wildman–Crippen MR) is 61.0 cm³/mol. The van der Waals surface area contributed by atoms with Crippen molar-refractivity contribution in [3.8, 4) is 0 Å². The topological polar surface area (TPSA) is 47.7 Å². The van der Waals surface area contributed by atoms with Crippen LogP contribution in [0, 0.1) is 0 Å². The Bertz CT molecular complexity index is 156. The Kier molecular flexibility index (Phi) is 6.92. The van der Waals surface area contributed by atoms with Gasteiger partial charge in [0.15, 0.2) is 0 Å². The summed E-state index contributed by atoms with van der Waals surface area (Å²) >= 11 is 0. The van der Waals surface area contributed by atoms with E-state index in [1.54, 1.807) is 0 Å². The first-order valence-electron chi connectivity index (χ1n) is 5.98. The van der Waals surface area contributed by atoms with Gasteiger partial charge in [0.25, 0.3) is 0 Å². The molecule has 1 unspecified atom stereocenters. The summed E-state index contributed by atoms with van der Waals surface area (Å²) < 4.78 is 11.0. The molecule has 1 heterocycles.